The number of para-hydroxylation sites is 1. The van der Waals surface area contributed by atoms with Gasteiger partial charge in [0.15, 0.2) is 0 Å². The van der Waals surface area contributed by atoms with Crippen molar-refractivity contribution >= 4 is 23.2 Å². The summed E-state index contributed by atoms with van der Waals surface area (Å²) in [7, 11) is 1.76. The lowest BCUT2D eigenvalue weighted by Crippen LogP contribution is -2.31. The minimum atomic E-state index is -0.0814. The molecular weight excluding hydrogens is 324 g/mol. The molecule has 0 radical (unpaired) electrons. The van der Waals surface area contributed by atoms with Crippen molar-refractivity contribution in [2.45, 2.75) is 12.8 Å². The lowest BCUT2D eigenvalue weighted by molar-refractivity contribution is -0.130. The molecule has 1 aromatic heterocycles. The topological polar surface area (TPSA) is 58.6 Å². The third-order valence-electron chi connectivity index (χ3n) is 3.46. The number of nitrogens with one attached hydrogen (secondary N) is 1. The zero-order valence-electron chi connectivity index (χ0n) is 13.7. The second-order valence-corrected chi connectivity index (χ2v) is 6.26. The molecule has 0 aliphatic carbocycles. The first-order valence-corrected chi connectivity index (χ1v) is 8.78. The molecule has 2 rings (SSSR count). The van der Waals surface area contributed by atoms with Gasteiger partial charge in [0.2, 0.25) is 5.91 Å². The van der Waals surface area contributed by atoms with Crippen LogP contribution in [0.1, 0.15) is 22.5 Å². The monoisotopic (exact) mass is 346 g/mol. The van der Waals surface area contributed by atoms with E-state index in [1.54, 1.807) is 18.0 Å². The van der Waals surface area contributed by atoms with Crippen LogP contribution in [0.25, 0.3) is 0 Å². The summed E-state index contributed by atoms with van der Waals surface area (Å²) >= 11 is 1.41. The SMILES string of the molecule is CN(CCOc1ccccc1)C(=O)CCCNC(=O)c1cccs1. The van der Waals surface area contributed by atoms with Crippen LogP contribution in [0.3, 0.4) is 0 Å². The van der Waals surface area contributed by atoms with Gasteiger partial charge in [0.25, 0.3) is 5.91 Å². The van der Waals surface area contributed by atoms with E-state index < -0.39 is 0 Å². The number of ether oxygens (including phenoxy) is 1. The molecule has 0 atom stereocenters. The van der Waals surface area contributed by atoms with Crippen LogP contribution in [0.2, 0.25) is 0 Å². The van der Waals surface area contributed by atoms with E-state index in [0.29, 0.717) is 37.4 Å². The number of carbonyl (C=O) groups is 2. The number of likely N-dealkylation sites (N-methyl/N-ethyl adjacent to an activating group) is 1. The number of hydrogen-bond donors (Lipinski definition) is 1. The van der Waals surface area contributed by atoms with E-state index >= 15 is 0 Å². The van der Waals surface area contributed by atoms with Gasteiger partial charge in [-0.05, 0) is 30.0 Å². The molecule has 0 fully saturated rings. The molecule has 128 valence electrons. The van der Waals surface area contributed by atoms with Gasteiger partial charge in [-0.25, -0.2) is 0 Å². The van der Waals surface area contributed by atoms with Crippen LogP contribution in [0.5, 0.6) is 5.75 Å². The van der Waals surface area contributed by atoms with Crippen LogP contribution in [0.15, 0.2) is 47.8 Å². The molecule has 5 nitrogen and oxygen atoms in total. The van der Waals surface area contributed by atoms with Crippen molar-refractivity contribution in [1.82, 2.24) is 10.2 Å². The fraction of sp³-hybridized carbons (Fsp3) is 0.333. The quantitative estimate of drug-likeness (QED) is 0.710. The molecule has 1 heterocycles. The van der Waals surface area contributed by atoms with Crippen LogP contribution >= 0.6 is 11.3 Å². The van der Waals surface area contributed by atoms with Crippen molar-refractivity contribution in [2.24, 2.45) is 0 Å². The smallest absolute Gasteiger partial charge is 0.261 e. The molecule has 0 aliphatic rings. The largest absolute Gasteiger partial charge is 0.492 e. The Kier molecular flexibility index (Phi) is 7.29. The Morgan fingerprint density at radius 2 is 1.96 bits per heavy atom. The van der Waals surface area contributed by atoms with Gasteiger partial charge in [-0.15, -0.1) is 11.3 Å². The zero-order chi connectivity index (χ0) is 17.2. The molecule has 6 heteroatoms. The van der Waals surface area contributed by atoms with Gasteiger partial charge in [-0.1, -0.05) is 24.3 Å². The van der Waals surface area contributed by atoms with Crippen LogP contribution in [-0.4, -0.2) is 43.5 Å². The van der Waals surface area contributed by atoms with Crippen molar-refractivity contribution in [1.29, 1.82) is 0 Å². The van der Waals surface area contributed by atoms with Gasteiger partial charge in [0.05, 0.1) is 11.4 Å². The summed E-state index contributed by atoms with van der Waals surface area (Å²) in [5, 5.41) is 4.69. The first kappa shape index (κ1) is 18.0. The van der Waals surface area contributed by atoms with E-state index in [1.165, 1.54) is 11.3 Å². The maximum Gasteiger partial charge on any atom is 0.261 e. The summed E-state index contributed by atoms with van der Waals surface area (Å²) in [5.74, 6) is 0.772. The summed E-state index contributed by atoms with van der Waals surface area (Å²) in [6.07, 6.45) is 1.03. The molecule has 1 aromatic carbocycles. The lowest BCUT2D eigenvalue weighted by Gasteiger charge is -2.17. The lowest BCUT2D eigenvalue weighted by atomic mass is 10.2. The fourth-order valence-corrected chi connectivity index (χ4v) is 2.71. The average Bonchev–Trinajstić information content (AvgIpc) is 3.14. The van der Waals surface area contributed by atoms with Crippen LogP contribution in [0, 0.1) is 0 Å². The predicted octanol–water partition coefficient (Wildman–Crippen LogP) is 2.80. The van der Waals surface area contributed by atoms with E-state index in [-0.39, 0.29) is 11.8 Å². The Labute approximate surface area is 146 Å². The molecule has 24 heavy (non-hydrogen) atoms. The number of rotatable bonds is 9. The van der Waals surface area contributed by atoms with E-state index in [9.17, 15) is 9.59 Å². The third-order valence-corrected chi connectivity index (χ3v) is 4.33. The Morgan fingerprint density at radius 1 is 1.17 bits per heavy atom. The Morgan fingerprint density at radius 3 is 2.67 bits per heavy atom. The van der Waals surface area contributed by atoms with Gasteiger partial charge in [-0.2, -0.15) is 0 Å². The van der Waals surface area contributed by atoms with E-state index in [0.717, 1.165) is 5.75 Å². The predicted molar refractivity (Wildman–Crippen MR) is 95.5 cm³/mol. The van der Waals surface area contributed by atoms with Crippen molar-refractivity contribution in [3.8, 4) is 5.75 Å². The minimum Gasteiger partial charge on any atom is -0.492 e. The number of hydrogen-bond acceptors (Lipinski definition) is 4. The maximum absolute atomic E-state index is 12.0. The Bertz CT molecular complexity index is 629. The summed E-state index contributed by atoms with van der Waals surface area (Å²) < 4.78 is 5.58. The van der Waals surface area contributed by atoms with E-state index in [4.69, 9.17) is 4.74 Å². The van der Waals surface area contributed by atoms with Gasteiger partial charge in [0.1, 0.15) is 12.4 Å². The number of carbonyl (C=O) groups excluding carboxylic acids is 2. The highest BCUT2D eigenvalue weighted by atomic mass is 32.1. The van der Waals surface area contributed by atoms with Crippen LogP contribution in [-0.2, 0) is 4.79 Å². The van der Waals surface area contributed by atoms with Crippen molar-refractivity contribution in [3.63, 3.8) is 0 Å². The van der Waals surface area contributed by atoms with Crippen LogP contribution in [0.4, 0.5) is 0 Å². The third kappa shape index (κ3) is 6.04. The summed E-state index contributed by atoms with van der Waals surface area (Å²) in [4.78, 5) is 26.1. The average molecular weight is 346 g/mol. The number of nitrogens with zero attached hydrogens (tertiary/aromatic N) is 1. The number of amides is 2. The minimum absolute atomic E-state index is 0.0528. The van der Waals surface area contributed by atoms with Gasteiger partial charge < -0.3 is 15.0 Å². The number of thiophene rings is 1. The Balaban J connectivity index is 1.57. The molecule has 0 aliphatic heterocycles. The highest BCUT2D eigenvalue weighted by Crippen LogP contribution is 2.09. The summed E-state index contributed by atoms with van der Waals surface area (Å²) in [6, 6.07) is 13.2. The highest BCUT2D eigenvalue weighted by Gasteiger charge is 2.09. The van der Waals surface area contributed by atoms with Gasteiger partial charge >= 0.3 is 0 Å². The van der Waals surface area contributed by atoms with Gasteiger partial charge in [0, 0.05) is 20.0 Å². The molecule has 0 bridgehead atoms. The van der Waals surface area contributed by atoms with Gasteiger partial charge in [-0.3, -0.25) is 9.59 Å². The molecule has 0 saturated heterocycles. The van der Waals surface area contributed by atoms with Crippen LogP contribution < -0.4 is 10.1 Å². The summed E-state index contributed by atoms with van der Waals surface area (Å²) in [5.41, 5.74) is 0. The second-order valence-electron chi connectivity index (χ2n) is 5.31. The van der Waals surface area contributed by atoms with Crippen molar-refractivity contribution < 1.29 is 14.3 Å². The molecular formula is C18H22N2O3S. The molecule has 0 saturated carbocycles. The summed E-state index contributed by atoms with van der Waals surface area (Å²) in [6.45, 7) is 1.49. The van der Waals surface area contributed by atoms with Crippen molar-refractivity contribution in [3.05, 3.63) is 52.7 Å². The normalized spacial score (nSPS) is 10.2. The standard InChI is InChI=1S/C18H22N2O3S/c1-20(12-13-23-15-7-3-2-4-8-15)17(21)10-5-11-19-18(22)16-9-6-14-24-16/h2-4,6-9,14H,5,10-13H2,1H3,(H,19,22). The van der Waals surface area contributed by atoms with E-state index in [1.807, 2.05) is 41.8 Å². The molecule has 2 amide bonds. The molecule has 1 N–H and O–H groups in total. The second kappa shape index (κ2) is 9.72. The first-order valence-electron chi connectivity index (χ1n) is 7.90. The molecule has 2 aromatic rings. The zero-order valence-corrected chi connectivity index (χ0v) is 14.6. The highest BCUT2D eigenvalue weighted by molar-refractivity contribution is 7.12. The molecule has 0 unspecified atom stereocenters. The first-order chi connectivity index (χ1) is 11.7. The number of benzene rings is 1. The fourth-order valence-electron chi connectivity index (χ4n) is 2.07. The maximum atomic E-state index is 12.0. The van der Waals surface area contributed by atoms with Crippen molar-refractivity contribution in [2.75, 3.05) is 26.7 Å². The van der Waals surface area contributed by atoms with E-state index in [2.05, 4.69) is 5.32 Å². The molecule has 0 spiro atoms. The Hall–Kier alpha value is -2.34.